The number of hydrogen-bond donors (Lipinski definition) is 1. The number of hydrogen-bond acceptors (Lipinski definition) is 3. The van der Waals surface area contributed by atoms with Gasteiger partial charge in [0.2, 0.25) is 0 Å². The summed E-state index contributed by atoms with van der Waals surface area (Å²) in [5, 5.41) is 3.26. The Labute approximate surface area is 89.3 Å². The van der Waals surface area contributed by atoms with Crippen molar-refractivity contribution < 1.29 is 4.79 Å². The highest BCUT2D eigenvalue weighted by Crippen LogP contribution is 2.09. The Balaban J connectivity index is 2.13. The van der Waals surface area contributed by atoms with Crippen LogP contribution in [-0.2, 0) is 0 Å². The van der Waals surface area contributed by atoms with Crippen molar-refractivity contribution in [3.63, 3.8) is 0 Å². The Bertz CT molecular complexity index is 339. The lowest BCUT2D eigenvalue weighted by Gasteiger charge is -2.34. The molecule has 2 rings (SSSR count). The number of carbonyl (C=O) groups excluding carboxylic acids is 1. The summed E-state index contributed by atoms with van der Waals surface area (Å²) in [6.45, 7) is 4.59. The minimum Gasteiger partial charge on any atom is -0.333 e. The van der Waals surface area contributed by atoms with Gasteiger partial charge in [0.1, 0.15) is 0 Å². The zero-order valence-corrected chi connectivity index (χ0v) is 8.81. The predicted octanol–water partition coefficient (Wildman–Crippen LogP) is 0.515. The second-order valence-electron chi connectivity index (χ2n) is 3.79. The van der Waals surface area contributed by atoms with E-state index in [-0.39, 0.29) is 11.9 Å². The monoisotopic (exact) mass is 205 g/mol. The topological polar surface area (TPSA) is 45.2 Å². The fraction of sp³-hybridized carbons (Fsp3) is 0.455. The van der Waals surface area contributed by atoms with Gasteiger partial charge in [-0.2, -0.15) is 0 Å². The zero-order valence-electron chi connectivity index (χ0n) is 8.81. The molecule has 1 amide bonds. The van der Waals surface area contributed by atoms with Gasteiger partial charge in [-0.25, -0.2) is 0 Å². The predicted molar refractivity (Wildman–Crippen MR) is 57.6 cm³/mol. The van der Waals surface area contributed by atoms with E-state index < -0.39 is 0 Å². The second kappa shape index (κ2) is 4.40. The van der Waals surface area contributed by atoms with Gasteiger partial charge in [0.25, 0.3) is 5.91 Å². The maximum absolute atomic E-state index is 12.1. The van der Waals surface area contributed by atoms with E-state index in [0.717, 1.165) is 25.2 Å². The van der Waals surface area contributed by atoms with Crippen molar-refractivity contribution in [3.05, 3.63) is 30.1 Å². The maximum Gasteiger partial charge on any atom is 0.254 e. The Hall–Kier alpha value is -1.42. The minimum atomic E-state index is 0.103. The summed E-state index contributed by atoms with van der Waals surface area (Å²) in [7, 11) is 0. The van der Waals surface area contributed by atoms with Crippen LogP contribution in [0.25, 0.3) is 0 Å². The molecule has 1 saturated heterocycles. The molecule has 0 spiro atoms. The van der Waals surface area contributed by atoms with Gasteiger partial charge in [0.15, 0.2) is 0 Å². The van der Waals surface area contributed by atoms with Crippen LogP contribution in [-0.4, -0.2) is 41.5 Å². The molecule has 15 heavy (non-hydrogen) atoms. The number of aromatic nitrogens is 1. The highest BCUT2D eigenvalue weighted by Gasteiger charge is 2.23. The molecule has 0 saturated carbocycles. The van der Waals surface area contributed by atoms with Gasteiger partial charge in [-0.3, -0.25) is 9.78 Å². The third-order valence-electron chi connectivity index (χ3n) is 2.69. The van der Waals surface area contributed by atoms with Gasteiger partial charge in [0.05, 0.1) is 0 Å². The minimum absolute atomic E-state index is 0.103. The van der Waals surface area contributed by atoms with Crippen LogP contribution in [0.1, 0.15) is 17.3 Å². The normalized spacial score (nSPS) is 21.4. The van der Waals surface area contributed by atoms with Crippen LogP contribution in [0.5, 0.6) is 0 Å². The van der Waals surface area contributed by atoms with Crippen molar-refractivity contribution in [1.82, 2.24) is 15.2 Å². The zero-order chi connectivity index (χ0) is 10.7. The lowest BCUT2D eigenvalue weighted by atomic mass is 10.1. The van der Waals surface area contributed by atoms with E-state index in [4.69, 9.17) is 0 Å². The molecule has 1 atom stereocenters. The molecule has 0 aromatic carbocycles. The van der Waals surface area contributed by atoms with Gasteiger partial charge >= 0.3 is 0 Å². The molecule has 80 valence electrons. The van der Waals surface area contributed by atoms with Crippen LogP contribution in [0.2, 0.25) is 0 Å². The average Bonchev–Trinajstić information content (AvgIpc) is 2.30. The van der Waals surface area contributed by atoms with Crippen LogP contribution in [0.3, 0.4) is 0 Å². The molecule has 0 bridgehead atoms. The average molecular weight is 205 g/mol. The van der Waals surface area contributed by atoms with E-state index in [1.807, 2.05) is 4.90 Å². The molecule has 4 nitrogen and oxygen atoms in total. The molecule has 1 N–H and O–H groups in total. The number of piperazine rings is 1. The molecular weight excluding hydrogens is 190 g/mol. The maximum atomic E-state index is 12.1. The summed E-state index contributed by atoms with van der Waals surface area (Å²) in [4.78, 5) is 17.9. The molecule has 1 aliphatic rings. The third kappa shape index (κ3) is 2.15. The van der Waals surface area contributed by atoms with E-state index in [0.29, 0.717) is 0 Å². The Morgan fingerprint density at radius 2 is 2.27 bits per heavy atom. The molecule has 0 aliphatic carbocycles. The molecular formula is C11H15N3O. The highest BCUT2D eigenvalue weighted by atomic mass is 16.2. The largest absolute Gasteiger partial charge is 0.333 e. The molecule has 1 aliphatic heterocycles. The number of nitrogens with one attached hydrogen (secondary N) is 1. The number of amides is 1. The van der Waals surface area contributed by atoms with Crippen LogP contribution >= 0.6 is 0 Å². The number of rotatable bonds is 1. The number of nitrogens with zero attached hydrogens (tertiary/aromatic N) is 2. The first kappa shape index (κ1) is 10.1. The van der Waals surface area contributed by atoms with Crippen molar-refractivity contribution in [3.8, 4) is 0 Å². The van der Waals surface area contributed by atoms with Crippen LogP contribution in [0.15, 0.2) is 24.5 Å². The van der Waals surface area contributed by atoms with Crippen molar-refractivity contribution in [2.24, 2.45) is 0 Å². The second-order valence-corrected chi connectivity index (χ2v) is 3.79. The molecule has 0 radical (unpaired) electrons. The summed E-state index contributed by atoms with van der Waals surface area (Å²) in [5.74, 6) is 0.103. The van der Waals surface area contributed by atoms with E-state index >= 15 is 0 Å². The fourth-order valence-corrected chi connectivity index (χ4v) is 1.80. The van der Waals surface area contributed by atoms with Crippen molar-refractivity contribution in [2.45, 2.75) is 13.0 Å². The van der Waals surface area contributed by atoms with E-state index in [1.165, 1.54) is 0 Å². The Morgan fingerprint density at radius 1 is 1.53 bits per heavy atom. The number of carbonyl (C=O) groups is 1. The van der Waals surface area contributed by atoms with Crippen molar-refractivity contribution in [1.29, 1.82) is 0 Å². The first-order valence-electron chi connectivity index (χ1n) is 5.21. The van der Waals surface area contributed by atoms with Gasteiger partial charge in [-0.1, -0.05) is 0 Å². The summed E-state index contributed by atoms with van der Waals surface area (Å²) in [6.07, 6.45) is 3.31. The standard InChI is InChI=1S/C11H15N3O/c1-9-8-13-6-7-14(9)11(15)10-2-4-12-5-3-10/h2-5,9,13H,6-8H2,1H3/t9-/m1/s1. The third-order valence-corrected chi connectivity index (χ3v) is 2.69. The van der Waals surface area contributed by atoms with Crippen LogP contribution in [0, 0.1) is 0 Å². The van der Waals surface area contributed by atoms with Gasteiger partial charge in [-0.15, -0.1) is 0 Å². The molecule has 1 aromatic rings. The molecule has 0 unspecified atom stereocenters. The fourth-order valence-electron chi connectivity index (χ4n) is 1.80. The van der Waals surface area contributed by atoms with Crippen molar-refractivity contribution in [2.75, 3.05) is 19.6 Å². The van der Waals surface area contributed by atoms with Crippen LogP contribution in [0.4, 0.5) is 0 Å². The summed E-state index contributed by atoms with van der Waals surface area (Å²) in [5.41, 5.74) is 0.721. The van der Waals surface area contributed by atoms with E-state index in [1.54, 1.807) is 24.5 Å². The van der Waals surface area contributed by atoms with Crippen LogP contribution < -0.4 is 5.32 Å². The van der Waals surface area contributed by atoms with Gasteiger partial charge in [-0.05, 0) is 19.1 Å². The van der Waals surface area contributed by atoms with Gasteiger partial charge in [0, 0.05) is 43.6 Å². The quantitative estimate of drug-likeness (QED) is 0.727. The Morgan fingerprint density at radius 3 is 2.93 bits per heavy atom. The SMILES string of the molecule is C[C@@H]1CNCCN1C(=O)c1ccncc1. The van der Waals surface area contributed by atoms with Crippen molar-refractivity contribution >= 4 is 5.91 Å². The first-order chi connectivity index (χ1) is 7.29. The lowest BCUT2D eigenvalue weighted by Crippen LogP contribution is -2.52. The highest BCUT2D eigenvalue weighted by molar-refractivity contribution is 5.94. The molecule has 4 heteroatoms. The molecule has 2 heterocycles. The van der Waals surface area contributed by atoms with E-state index in [2.05, 4.69) is 17.2 Å². The Kier molecular flexibility index (Phi) is 2.97. The molecule has 1 fully saturated rings. The summed E-state index contributed by atoms with van der Waals surface area (Å²) >= 11 is 0. The van der Waals surface area contributed by atoms with E-state index in [9.17, 15) is 4.79 Å². The summed E-state index contributed by atoms with van der Waals surface area (Å²) < 4.78 is 0. The first-order valence-corrected chi connectivity index (χ1v) is 5.21. The smallest absolute Gasteiger partial charge is 0.254 e. The lowest BCUT2D eigenvalue weighted by molar-refractivity contribution is 0.0655. The number of pyridine rings is 1. The molecule has 1 aromatic heterocycles. The summed E-state index contributed by atoms with van der Waals surface area (Å²) in [6, 6.07) is 3.79. The van der Waals surface area contributed by atoms with Gasteiger partial charge < -0.3 is 10.2 Å².